The number of rotatable bonds is 6. The van der Waals surface area contributed by atoms with Crippen LogP contribution in [0.1, 0.15) is 21.7 Å². The molecule has 14 heteroatoms. The fourth-order valence-electron chi connectivity index (χ4n) is 2.93. The van der Waals surface area contributed by atoms with Crippen LogP contribution in [0.25, 0.3) is 6.08 Å². The zero-order valence-electron chi connectivity index (χ0n) is 16.2. The number of carboxylic acid groups (broad SMARTS) is 1. The molecule has 1 aromatic carbocycles. The Balaban J connectivity index is 1.53. The topological polar surface area (TPSA) is 105 Å². The summed E-state index contributed by atoms with van der Waals surface area (Å²) in [7, 11) is -9.76. The second kappa shape index (κ2) is 7.32. The van der Waals surface area contributed by atoms with Gasteiger partial charge in [-0.25, -0.2) is 4.79 Å². The van der Waals surface area contributed by atoms with Crippen molar-refractivity contribution in [1.82, 2.24) is 20.0 Å². The van der Waals surface area contributed by atoms with Crippen molar-refractivity contribution < 1.29 is 38.9 Å². The Hall–Kier alpha value is -3.42. The molecule has 174 valence electrons. The highest BCUT2D eigenvalue weighted by Crippen LogP contribution is 3.02. The Kier molecular flexibility index (Phi) is 5.32. The third-order valence-corrected chi connectivity index (χ3v) is 5.70. The molecule has 32 heavy (non-hydrogen) atoms. The van der Waals surface area contributed by atoms with Crippen LogP contribution in [0.15, 0.2) is 41.3 Å². The van der Waals surface area contributed by atoms with Gasteiger partial charge in [-0.05, 0) is 29.8 Å². The number of halogens is 5. The van der Waals surface area contributed by atoms with Gasteiger partial charge in [0, 0.05) is 12.6 Å². The third kappa shape index (κ3) is 5.63. The Bertz CT molecular complexity index is 1110. The standard InChI is InChI=1S/C18H17F5N4O4S/c19-32(20,21,22,23)14-4-1-12(2-5-14)3-6-16(28)24-10-17(29)26-7-8-27-13(11-26)9-15(25-27)18(30)31/h1-6,9H,7-8,10-11H2,(H,24,28)(H,30,31)/b6-3+. The van der Waals surface area contributed by atoms with Crippen molar-refractivity contribution in [3.8, 4) is 0 Å². The second-order valence-electron chi connectivity index (χ2n) is 6.95. The van der Waals surface area contributed by atoms with Gasteiger partial charge in [-0.2, -0.15) is 5.10 Å². The van der Waals surface area contributed by atoms with Crippen LogP contribution in [0.2, 0.25) is 0 Å². The first-order valence-corrected chi connectivity index (χ1v) is 11.0. The third-order valence-electron chi connectivity index (χ3n) is 4.54. The first-order chi connectivity index (χ1) is 14.6. The van der Waals surface area contributed by atoms with Gasteiger partial charge in [0.05, 0.1) is 25.3 Å². The number of nitrogens with zero attached hydrogens (tertiary/aromatic N) is 3. The second-order valence-corrected chi connectivity index (χ2v) is 9.36. The molecule has 1 aliphatic rings. The van der Waals surface area contributed by atoms with Crippen LogP contribution in [-0.4, -0.2) is 50.7 Å². The summed E-state index contributed by atoms with van der Waals surface area (Å²) in [5.41, 5.74) is 0.472. The normalized spacial score (nSPS) is 16.2. The van der Waals surface area contributed by atoms with Crippen LogP contribution in [0, 0.1) is 0 Å². The highest BCUT2D eigenvalue weighted by molar-refractivity contribution is 8.45. The molecule has 0 aliphatic carbocycles. The average molecular weight is 480 g/mol. The predicted octanol–water partition coefficient (Wildman–Crippen LogP) is 3.41. The van der Waals surface area contributed by atoms with Gasteiger partial charge in [-0.15, -0.1) is 0 Å². The number of hydrogen-bond donors (Lipinski definition) is 2. The van der Waals surface area contributed by atoms with Crippen LogP contribution in [-0.2, 0) is 22.7 Å². The fourth-order valence-corrected chi connectivity index (χ4v) is 3.58. The maximum atomic E-state index is 12.7. The average Bonchev–Trinajstić information content (AvgIpc) is 3.13. The summed E-state index contributed by atoms with van der Waals surface area (Å²) >= 11 is 0. The molecule has 0 bridgehead atoms. The summed E-state index contributed by atoms with van der Waals surface area (Å²) < 4.78 is 64.9. The quantitative estimate of drug-likeness (QED) is 0.487. The van der Waals surface area contributed by atoms with E-state index >= 15 is 0 Å². The summed E-state index contributed by atoms with van der Waals surface area (Å²) in [5, 5.41) is 15.2. The minimum absolute atomic E-state index is 0.0793. The Morgan fingerprint density at radius 1 is 1.09 bits per heavy atom. The molecule has 2 heterocycles. The maximum Gasteiger partial charge on any atom is 0.356 e. The van der Waals surface area contributed by atoms with Gasteiger partial charge in [0.2, 0.25) is 11.8 Å². The molecule has 0 fully saturated rings. The summed E-state index contributed by atoms with van der Waals surface area (Å²) in [6.07, 6.45) is 2.06. The largest absolute Gasteiger partial charge is 0.476 e. The number of carbonyl (C=O) groups excluding carboxylic acids is 2. The lowest BCUT2D eigenvalue weighted by atomic mass is 10.2. The van der Waals surface area contributed by atoms with E-state index in [1.54, 1.807) is 0 Å². The van der Waals surface area contributed by atoms with Gasteiger partial charge in [-0.1, -0.05) is 31.6 Å². The van der Waals surface area contributed by atoms with Crippen LogP contribution in [0.3, 0.4) is 0 Å². The number of carbonyl (C=O) groups is 3. The first-order valence-electron chi connectivity index (χ1n) is 9.00. The zero-order chi connectivity index (χ0) is 23.8. The van der Waals surface area contributed by atoms with E-state index in [-0.39, 0.29) is 49.6 Å². The van der Waals surface area contributed by atoms with E-state index in [1.165, 1.54) is 15.6 Å². The van der Waals surface area contributed by atoms with Crippen molar-refractivity contribution in [2.45, 2.75) is 18.0 Å². The number of fused-ring (bicyclic) bond motifs is 1. The van der Waals surface area contributed by atoms with Gasteiger partial charge in [0.1, 0.15) is 4.90 Å². The summed E-state index contributed by atoms with van der Waals surface area (Å²) in [4.78, 5) is 34.5. The molecular weight excluding hydrogens is 463 g/mol. The first kappa shape index (κ1) is 23.2. The van der Waals surface area contributed by atoms with E-state index in [0.717, 1.165) is 24.3 Å². The summed E-state index contributed by atoms with van der Waals surface area (Å²) in [5.74, 6) is -2.34. The minimum atomic E-state index is -9.76. The molecule has 0 radical (unpaired) electrons. The molecule has 0 unspecified atom stereocenters. The molecule has 2 N–H and O–H groups in total. The molecule has 0 saturated carbocycles. The van der Waals surface area contributed by atoms with Crippen molar-refractivity contribution in [1.29, 1.82) is 0 Å². The lowest BCUT2D eigenvalue weighted by Gasteiger charge is -2.40. The molecule has 8 nitrogen and oxygen atoms in total. The van der Waals surface area contributed by atoms with Crippen molar-refractivity contribution in [2.24, 2.45) is 0 Å². The van der Waals surface area contributed by atoms with Crippen molar-refractivity contribution >= 4 is 34.1 Å². The minimum Gasteiger partial charge on any atom is -0.476 e. The summed E-state index contributed by atoms with van der Waals surface area (Å²) in [6.45, 7) is 0.295. The van der Waals surface area contributed by atoms with E-state index < -0.39 is 32.9 Å². The number of aromatic carboxylic acids is 1. The fraction of sp³-hybridized carbons (Fsp3) is 0.222. The number of benzene rings is 1. The number of hydrogen-bond acceptors (Lipinski definition) is 4. The molecule has 0 spiro atoms. The molecule has 3 rings (SSSR count). The SMILES string of the molecule is O=C(/C=C/c1ccc(S(F)(F)(F)(F)F)cc1)NCC(=O)N1CCn2nc(C(=O)O)cc2C1. The van der Waals surface area contributed by atoms with Crippen molar-refractivity contribution in [2.75, 3.05) is 13.1 Å². The highest BCUT2D eigenvalue weighted by Gasteiger charge is 2.65. The Labute approximate surface area is 178 Å². The number of aromatic nitrogens is 2. The van der Waals surface area contributed by atoms with Gasteiger partial charge in [-0.3, -0.25) is 14.3 Å². The van der Waals surface area contributed by atoms with Crippen LogP contribution in [0.4, 0.5) is 19.4 Å². The zero-order valence-corrected chi connectivity index (χ0v) is 17.0. The summed E-state index contributed by atoms with van der Waals surface area (Å²) in [6, 6.07) is 3.42. The van der Waals surface area contributed by atoms with Crippen LogP contribution < -0.4 is 5.32 Å². The maximum absolute atomic E-state index is 12.7. The molecule has 0 saturated heterocycles. The number of carboxylic acids is 1. The molecule has 2 amide bonds. The molecule has 1 aromatic heterocycles. The van der Waals surface area contributed by atoms with Gasteiger partial charge in [0.15, 0.2) is 5.69 Å². The Morgan fingerprint density at radius 3 is 2.34 bits per heavy atom. The van der Waals surface area contributed by atoms with Crippen molar-refractivity contribution in [3.63, 3.8) is 0 Å². The van der Waals surface area contributed by atoms with E-state index in [9.17, 15) is 33.8 Å². The monoisotopic (exact) mass is 480 g/mol. The Morgan fingerprint density at radius 2 is 1.75 bits per heavy atom. The lowest BCUT2D eigenvalue weighted by Crippen LogP contribution is -2.43. The van der Waals surface area contributed by atoms with Gasteiger partial charge in [0.25, 0.3) is 0 Å². The molecule has 2 aromatic rings. The van der Waals surface area contributed by atoms with Gasteiger partial charge >= 0.3 is 16.2 Å². The van der Waals surface area contributed by atoms with E-state index in [2.05, 4.69) is 10.4 Å². The van der Waals surface area contributed by atoms with Crippen LogP contribution >= 0.6 is 10.2 Å². The number of amides is 2. The smallest absolute Gasteiger partial charge is 0.356 e. The lowest BCUT2D eigenvalue weighted by molar-refractivity contribution is -0.133. The number of nitrogens with one attached hydrogen (secondary N) is 1. The molecular formula is C18H17F5N4O4S. The molecule has 0 atom stereocenters. The van der Waals surface area contributed by atoms with E-state index in [4.69, 9.17) is 5.11 Å². The molecule has 1 aliphatic heterocycles. The predicted molar refractivity (Wildman–Crippen MR) is 104 cm³/mol. The van der Waals surface area contributed by atoms with Crippen molar-refractivity contribution in [3.05, 3.63) is 53.4 Å². The van der Waals surface area contributed by atoms with Gasteiger partial charge < -0.3 is 15.3 Å². The van der Waals surface area contributed by atoms with E-state index in [0.29, 0.717) is 5.69 Å². The highest BCUT2D eigenvalue weighted by atomic mass is 32.5. The van der Waals surface area contributed by atoms with Crippen LogP contribution in [0.5, 0.6) is 0 Å². The van der Waals surface area contributed by atoms with E-state index in [1.807, 2.05) is 0 Å².